The Hall–Kier alpha value is -0.780. The van der Waals surface area contributed by atoms with Crippen molar-refractivity contribution < 1.29 is 22.7 Å². The van der Waals surface area contributed by atoms with E-state index < -0.39 is 18.7 Å². The molecule has 0 aromatic heterocycles. The first-order valence-corrected chi connectivity index (χ1v) is 6.40. The average Bonchev–Trinajstić information content (AvgIpc) is 2.53. The minimum Gasteiger partial charge on any atom is -0.464 e. The van der Waals surface area contributed by atoms with Crippen LogP contribution in [0.25, 0.3) is 0 Å². The van der Waals surface area contributed by atoms with E-state index in [1.807, 2.05) is 5.32 Å². The molecule has 18 heavy (non-hydrogen) atoms. The fourth-order valence-electron chi connectivity index (χ4n) is 2.10. The van der Waals surface area contributed by atoms with E-state index in [0.29, 0.717) is 12.5 Å². The Labute approximate surface area is 105 Å². The summed E-state index contributed by atoms with van der Waals surface area (Å²) in [7, 11) is 0. The monoisotopic (exact) mass is 267 g/mol. The van der Waals surface area contributed by atoms with Gasteiger partial charge in [0.15, 0.2) is 0 Å². The maximum atomic E-state index is 11.8. The van der Waals surface area contributed by atoms with Crippen molar-refractivity contribution in [2.75, 3.05) is 19.7 Å². The SMILES string of the molecule is O=C(CNCC(F)(F)F)OCC1CCCCCC1. The number of esters is 1. The molecular formula is C12H20F3NO2. The van der Waals surface area contributed by atoms with Gasteiger partial charge in [-0.05, 0) is 18.8 Å². The van der Waals surface area contributed by atoms with Crippen LogP contribution in [0.5, 0.6) is 0 Å². The van der Waals surface area contributed by atoms with Gasteiger partial charge >= 0.3 is 12.1 Å². The molecule has 6 heteroatoms. The molecule has 0 aliphatic heterocycles. The summed E-state index contributed by atoms with van der Waals surface area (Å²) < 4.78 is 40.4. The Morgan fingerprint density at radius 1 is 1.17 bits per heavy atom. The van der Waals surface area contributed by atoms with Crippen molar-refractivity contribution in [3.63, 3.8) is 0 Å². The molecule has 3 nitrogen and oxygen atoms in total. The highest BCUT2D eigenvalue weighted by Gasteiger charge is 2.26. The molecular weight excluding hydrogens is 247 g/mol. The molecule has 0 spiro atoms. The summed E-state index contributed by atoms with van der Waals surface area (Å²) in [5, 5.41) is 2.03. The normalized spacial score (nSPS) is 18.4. The van der Waals surface area contributed by atoms with Gasteiger partial charge in [-0.15, -0.1) is 0 Å². The van der Waals surface area contributed by atoms with Gasteiger partial charge in [0, 0.05) is 0 Å². The van der Waals surface area contributed by atoms with E-state index in [9.17, 15) is 18.0 Å². The zero-order chi connectivity index (χ0) is 13.4. The highest BCUT2D eigenvalue weighted by Crippen LogP contribution is 2.22. The molecule has 0 radical (unpaired) electrons. The van der Waals surface area contributed by atoms with Gasteiger partial charge in [0.1, 0.15) is 0 Å². The summed E-state index contributed by atoms with van der Waals surface area (Å²) >= 11 is 0. The minimum atomic E-state index is -4.29. The second-order valence-corrected chi connectivity index (χ2v) is 4.76. The minimum absolute atomic E-state index is 0.340. The Morgan fingerprint density at radius 2 is 1.78 bits per heavy atom. The number of rotatable bonds is 5. The standard InChI is InChI=1S/C12H20F3NO2/c13-12(14,15)9-16-7-11(17)18-8-10-5-3-1-2-4-6-10/h10,16H,1-9H2. The first-order valence-electron chi connectivity index (χ1n) is 6.40. The summed E-state index contributed by atoms with van der Waals surface area (Å²) in [4.78, 5) is 11.2. The molecule has 0 aromatic carbocycles. The maximum Gasteiger partial charge on any atom is 0.401 e. The van der Waals surface area contributed by atoms with Crippen molar-refractivity contribution in [1.29, 1.82) is 0 Å². The third-order valence-electron chi connectivity index (χ3n) is 3.05. The molecule has 1 rings (SSSR count). The number of nitrogens with one attached hydrogen (secondary N) is 1. The molecule has 0 unspecified atom stereocenters. The van der Waals surface area contributed by atoms with Crippen molar-refractivity contribution in [1.82, 2.24) is 5.32 Å². The lowest BCUT2D eigenvalue weighted by atomic mass is 10.0. The fraction of sp³-hybridized carbons (Fsp3) is 0.917. The fourth-order valence-corrected chi connectivity index (χ4v) is 2.10. The predicted molar refractivity (Wildman–Crippen MR) is 61.1 cm³/mol. The summed E-state index contributed by atoms with van der Waals surface area (Å²) in [5.74, 6) is -0.234. The molecule has 106 valence electrons. The van der Waals surface area contributed by atoms with Gasteiger partial charge in [0.05, 0.1) is 19.7 Å². The van der Waals surface area contributed by atoms with Crippen LogP contribution < -0.4 is 5.32 Å². The van der Waals surface area contributed by atoms with Crippen LogP contribution >= 0.6 is 0 Å². The van der Waals surface area contributed by atoms with E-state index in [2.05, 4.69) is 0 Å². The maximum absolute atomic E-state index is 11.8. The van der Waals surface area contributed by atoms with E-state index in [0.717, 1.165) is 25.7 Å². The molecule has 1 fully saturated rings. The lowest BCUT2D eigenvalue weighted by molar-refractivity contribution is -0.146. The summed E-state index contributed by atoms with van der Waals surface area (Å²) in [6.07, 6.45) is 2.53. The largest absolute Gasteiger partial charge is 0.464 e. The number of hydrogen-bond acceptors (Lipinski definition) is 3. The van der Waals surface area contributed by atoms with Crippen LogP contribution in [0.15, 0.2) is 0 Å². The Morgan fingerprint density at radius 3 is 2.33 bits per heavy atom. The number of halogens is 3. The van der Waals surface area contributed by atoms with E-state index in [1.54, 1.807) is 0 Å². The first kappa shape index (κ1) is 15.3. The number of carbonyl (C=O) groups excluding carboxylic acids is 1. The zero-order valence-electron chi connectivity index (χ0n) is 10.4. The summed E-state index contributed by atoms with van der Waals surface area (Å²) in [6.45, 7) is -1.20. The van der Waals surface area contributed by atoms with Crippen LogP contribution in [0, 0.1) is 5.92 Å². The number of alkyl halides is 3. The highest BCUT2D eigenvalue weighted by atomic mass is 19.4. The van der Waals surface area contributed by atoms with Crippen molar-refractivity contribution in [3.05, 3.63) is 0 Å². The third kappa shape index (κ3) is 7.53. The van der Waals surface area contributed by atoms with Crippen molar-refractivity contribution in [2.45, 2.75) is 44.7 Å². The van der Waals surface area contributed by atoms with Gasteiger partial charge < -0.3 is 4.74 Å². The molecule has 0 aromatic rings. The lowest BCUT2D eigenvalue weighted by Crippen LogP contribution is -2.34. The molecule has 0 saturated heterocycles. The molecule has 0 atom stereocenters. The van der Waals surface area contributed by atoms with Crippen LogP contribution in [-0.2, 0) is 9.53 Å². The van der Waals surface area contributed by atoms with E-state index in [4.69, 9.17) is 4.74 Å². The number of carbonyl (C=O) groups is 1. The van der Waals surface area contributed by atoms with Crippen molar-refractivity contribution >= 4 is 5.97 Å². The lowest BCUT2D eigenvalue weighted by Gasteiger charge is -2.14. The molecule has 0 bridgehead atoms. The van der Waals surface area contributed by atoms with Gasteiger partial charge in [-0.2, -0.15) is 13.2 Å². The summed E-state index contributed by atoms with van der Waals surface area (Å²) in [5.41, 5.74) is 0. The second kappa shape index (κ2) is 7.61. The Bertz CT molecular complexity index is 248. The van der Waals surface area contributed by atoms with Crippen LogP contribution in [0.4, 0.5) is 13.2 Å². The van der Waals surface area contributed by atoms with Crippen molar-refractivity contribution in [2.24, 2.45) is 5.92 Å². The molecule has 1 aliphatic carbocycles. The smallest absolute Gasteiger partial charge is 0.401 e. The van der Waals surface area contributed by atoms with Gasteiger partial charge in [0.2, 0.25) is 0 Å². The second-order valence-electron chi connectivity index (χ2n) is 4.76. The highest BCUT2D eigenvalue weighted by molar-refractivity contribution is 5.71. The molecule has 0 amide bonds. The summed E-state index contributed by atoms with van der Waals surface area (Å²) in [6, 6.07) is 0. The van der Waals surface area contributed by atoms with Gasteiger partial charge in [0.25, 0.3) is 0 Å². The van der Waals surface area contributed by atoms with E-state index >= 15 is 0 Å². The van der Waals surface area contributed by atoms with Crippen molar-refractivity contribution in [3.8, 4) is 0 Å². The van der Waals surface area contributed by atoms with E-state index in [-0.39, 0.29) is 6.54 Å². The molecule has 1 aliphatic rings. The predicted octanol–water partition coefficient (Wildman–Crippen LogP) is 2.65. The van der Waals surface area contributed by atoms with Crippen LogP contribution in [0.2, 0.25) is 0 Å². The number of ether oxygens (including phenoxy) is 1. The molecule has 1 saturated carbocycles. The third-order valence-corrected chi connectivity index (χ3v) is 3.05. The Balaban J connectivity index is 2.08. The zero-order valence-corrected chi connectivity index (χ0v) is 10.4. The Kier molecular flexibility index (Phi) is 6.46. The van der Waals surface area contributed by atoms with Gasteiger partial charge in [-0.1, -0.05) is 25.7 Å². The van der Waals surface area contributed by atoms with Crippen LogP contribution in [0.3, 0.4) is 0 Å². The van der Waals surface area contributed by atoms with Crippen LogP contribution in [0.1, 0.15) is 38.5 Å². The van der Waals surface area contributed by atoms with Crippen LogP contribution in [-0.4, -0.2) is 31.8 Å². The average molecular weight is 267 g/mol. The topological polar surface area (TPSA) is 38.3 Å². The van der Waals surface area contributed by atoms with Gasteiger partial charge in [-0.25, -0.2) is 0 Å². The van der Waals surface area contributed by atoms with Gasteiger partial charge in [-0.3, -0.25) is 10.1 Å². The number of hydrogen-bond donors (Lipinski definition) is 1. The first-order chi connectivity index (χ1) is 8.47. The quantitative estimate of drug-likeness (QED) is 0.614. The molecule has 0 heterocycles. The molecule has 1 N–H and O–H groups in total. The van der Waals surface area contributed by atoms with E-state index in [1.165, 1.54) is 12.8 Å².